The number of rotatable bonds is 0. The van der Waals surface area contributed by atoms with Crippen LogP contribution in [0, 0.1) is 0 Å². The smallest absolute Gasteiger partial charge is 0.0727 e. The molecule has 0 saturated carbocycles. The van der Waals surface area contributed by atoms with E-state index in [1.807, 2.05) is 0 Å². The van der Waals surface area contributed by atoms with Crippen LogP contribution in [-0.4, -0.2) is 6.61 Å². The van der Waals surface area contributed by atoms with Gasteiger partial charge in [-0.1, -0.05) is 31.4 Å². The van der Waals surface area contributed by atoms with Crippen LogP contribution in [0.4, 0.5) is 0 Å². The number of benzene rings is 1. The van der Waals surface area contributed by atoms with Gasteiger partial charge in [0.2, 0.25) is 0 Å². The first-order chi connectivity index (χ1) is 8.95. The number of ether oxygens (including phenoxy) is 2. The van der Waals surface area contributed by atoms with E-state index in [-0.39, 0.29) is 0 Å². The maximum absolute atomic E-state index is 5.81. The largest absolute Gasteiger partial charge is 0.377 e. The molecule has 2 aliphatic rings. The summed E-state index contributed by atoms with van der Waals surface area (Å²) < 4.78 is 11.4. The first-order valence-corrected chi connectivity index (χ1v) is 7.23. The topological polar surface area (TPSA) is 18.5 Å². The Hall–Kier alpha value is -0.860. The van der Waals surface area contributed by atoms with Gasteiger partial charge in [0.15, 0.2) is 0 Å². The molecule has 98 valence electrons. The van der Waals surface area contributed by atoms with Crippen LogP contribution in [-0.2, 0) is 35.7 Å². The fourth-order valence-corrected chi connectivity index (χ4v) is 3.03. The lowest BCUT2D eigenvalue weighted by molar-refractivity contribution is 0.116. The SMILES string of the molecule is c1cc2c(c3c1COCCCCCCC3)COC2. The van der Waals surface area contributed by atoms with Crippen molar-refractivity contribution in [3.05, 3.63) is 34.4 Å². The van der Waals surface area contributed by atoms with Crippen LogP contribution in [0.15, 0.2) is 12.1 Å². The molecule has 0 fully saturated rings. The molecule has 0 aromatic heterocycles. The Bertz CT molecular complexity index is 412. The van der Waals surface area contributed by atoms with E-state index in [4.69, 9.17) is 9.47 Å². The number of hydrogen-bond donors (Lipinski definition) is 0. The van der Waals surface area contributed by atoms with E-state index >= 15 is 0 Å². The van der Waals surface area contributed by atoms with Crippen LogP contribution >= 0.6 is 0 Å². The molecule has 0 unspecified atom stereocenters. The van der Waals surface area contributed by atoms with Gasteiger partial charge in [0.05, 0.1) is 19.8 Å². The van der Waals surface area contributed by atoms with Crippen LogP contribution in [0.3, 0.4) is 0 Å². The summed E-state index contributed by atoms with van der Waals surface area (Å²) in [6, 6.07) is 4.48. The lowest BCUT2D eigenvalue weighted by atomic mass is 9.93. The van der Waals surface area contributed by atoms with Crippen LogP contribution in [0.5, 0.6) is 0 Å². The Morgan fingerprint density at radius 3 is 2.33 bits per heavy atom. The average Bonchev–Trinajstić information content (AvgIpc) is 2.83. The van der Waals surface area contributed by atoms with Crippen LogP contribution in [0.25, 0.3) is 0 Å². The minimum absolute atomic E-state index is 0.780. The second kappa shape index (κ2) is 5.85. The van der Waals surface area contributed by atoms with Gasteiger partial charge in [0.1, 0.15) is 0 Å². The lowest BCUT2D eigenvalue weighted by Crippen LogP contribution is -2.03. The molecule has 2 heteroatoms. The first-order valence-electron chi connectivity index (χ1n) is 7.23. The molecule has 0 spiro atoms. The van der Waals surface area contributed by atoms with Crippen molar-refractivity contribution in [3.63, 3.8) is 0 Å². The fraction of sp³-hybridized carbons (Fsp3) is 0.625. The Morgan fingerprint density at radius 2 is 1.39 bits per heavy atom. The molecular formula is C16H22O2. The lowest BCUT2D eigenvalue weighted by Gasteiger charge is -2.13. The van der Waals surface area contributed by atoms with Gasteiger partial charge in [-0.25, -0.2) is 0 Å². The summed E-state index contributed by atoms with van der Waals surface area (Å²) in [4.78, 5) is 0. The van der Waals surface area contributed by atoms with Crippen molar-refractivity contribution in [2.75, 3.05) is 6.61 Å². The molecule has 2 heterocycles. The fourth-order valence-electron chi connectivity index (χ4n) is 3.03. The highest BCUT2D eigenvalue weighted by Gasteiger charge is 2.18. The number of hydrogen-bond acceptors (Lipinski definition) is 2. The molecule has 2 aliphatic heterocycles. The normalized spacial score (nSPS) is 20.9. The maximum atomic E-state index is 5.81. The predicted molar refractivity (Wildman–Crippen MR) is 71.4 cm³/mol. The minimum atomic E-state index is 0.780. The molecule has 0 atom stereocenters. The molecule has 0 bridgehead atoms. The molecule has 1 aromatic rings. The van der Waals surface area contributed by atoms with Crippen molar-refractivity contribution in [2.24, 2.45) is 0 Å². The summed E-state index contributed by atoms with van der Waals surface area (Å²) in [5.41, 5.74) is 5.76. The third-order valence-corrected chi connectivity index (χ3v) is 4.10. The van der Waals surface area contributed by atoms with E-state index in [0.29, 0.717) is 0 Å². The van der Waals surface area contributed by atoms with Crippen molar-refractivity contribution < 1.29 is 9.47 Å². The maximum Gasteiger partial charge on any atom is 0.0727 e. The van der Waals surface area contributed by atoms with Crippen molar-refractivity contribution >= 4 is 0 Å². The van der Waals surface area contributed by atoms with E-state index in [1.165, 1.54) is 60.8 Å². The van der Waals surface area contributed by atoms with Gasteiger partial charge >= 0.3 is 0 Å². The van der Waals surface area contributed by atoms with Gasteiger partial charge in [-0.2, -0.15) is 0 Å². The van der Waals surface area contributed by atoms with Crippen molar-refractivity contribution in [3.8, 4) is 0 Å². The molecule has 0 amide bonds. The summed E-state index contributed by atoms with van der Waals surface area (Å²) in [5, 5.41) is 0. The van der Waals surface area contributed by atoms with Crippen molar-refractivity contribution in [1.29, 1.82) is 0 Å². The van der Waals surface area contributed by atoms with Crippen molar-refractivity contribution in [1.82, 2.24) is 0 Å². The Labute approximate surface area is 109 Å². The first kappa shape index (κ1) is 12.2. The molecular weight excluding hydrogens is 224 g/mol. The predicted octanol–water partition coefficient (Wildman–Crippen LogP) is 3.74. The highest BCUT2D eigenvalue weighted by Crippen LogP contribution is 2.28. The zero-order valence-corrected chi connectivity index (χ0v) is 11.0. The number of fused-ring (bicyclic) bond motifs is 3. The van der Waals surface area contributed by atoms with E-state index < -0.39 is 0 Å². The molecule has 0 N–H and O–H groups in total. The van der Waals surface area contributed by atoms with Gasteiger partial charge in [-0.15, -0.1) is 0 Å². The summed E-state index contributed by atoms with van der Waals surface area (Å²) >= 11 is 0. The van der Waals surface area contributed by atoms with Gasteiger partial charge < -0.3 is 9.47 Å². The summed E-state index contributed by atoms with van der Waals surface area (Å²) in [6.45, 7) is 3.29. The molecule has 18 heavy (non-hydrogen) atoms. The van der Waals surface area contributed by atoms with Crippen LogP contribution in [0.1, 0.15) is 54.4 Å². The van der Waals surface area contributed by atoms with Crippen LogP contribution < -0.4 is 0 Å². The zero-order valence-electron chi connectivity index (χ0n) is 11.0. The van der Waals surface area contributed by atoms with Gasteiger partial charge in [0.25, 0.3) is 0 Å². The molecule has 0 saturated heterocycles. The van der Waals surface area contributed by atoms with Gasteiger partial charge in [-0.05, 0) is 41.5 Å². The quantitative estimate of drug-likeness (QED) is 0.694. The highest BCUT2D eigenvalue weighted by molar-refractivity contribution is 5.42. The Morgan fingerprint density at radius 1 is 0.667 bits per heavy atom. The summed E-state index contributed by atoms with van der Waals surface area (Å²) in [5.74, 6) is 0. The Balaban J connectivity index is 1.86. The molecule has 0 radical (unpaired) electrons. The van der Waals surface area contributed by atoms with E-state index in [0.717, 1.165) is 26.4 Å². The Kier molecular flexibility index (Phi) is 3.96. The molecule has 3 rings (SSSR count). The minimum Gasteiger partial charge on any atom is -0.377 e. The van der Waals surface area contributed by atoms with Crippen molar-refractivity contribution in [2.45, 2.75) is 58.3 Å². The molecule has 1 aromatic carbocycles. The zero-order chi connectivity index (χ0) is 12.2. The second-order valence-electron chi connectivity index (χ2n) is 5.40. The summed E-state index contributed by atoms with van der Waals surface area (Å²) in [7, 11) is 0. The van der Waals surface area contributed by atoms with Gasteiger partial charge in [-0.3, -0.25) is 0 Å². The van der Waals surface area contributed by atoms with Gasteiger partial charge in [0, 0.05) is 6.61 Å². The van der Waals surface area contributed by atoms with Crippen LogP contribution in [0.2, 0.25) is 0 Å². The van der Waals surface area contributed by atoms with E-state index in [1.54, 1.807) is 0 Å². The molecule has 0 aliphatic carbocycles. The second-order valence-corrected chi connectivity index (χ2v) is 5.40. The molecule has 2 nitrogen and oxygen atoms in total. The third kappa shape index (κ3) is 2.60. The van der Waals surface area contributed by atoms with E-state index in [2.05, 4.69) is 12.1 Å². The van der Waals surface area contributed by atoms with E-state index in [9.17, 15) is 0 Å². The third-order valence-electron chi connectivity index (χ3n) is 4.10. The summed E-state index contributed by atoms with van der Waals surface area (Å²) in [6.07, 6.45) is 7.74. The monoisotopic (exact) mass is 246 g/mol. The highest BCUT2D eigenvalue weighted by atomic mass is 16.5. The average molecular weight is 246 g/mol. The standard InChI is InChI=1S/C16H22O2/c1-2-4-6-15-13(10-17-9-5-3-1)7-8-14-11-18-12-16(14)15/h7-8H,1-6,9-12H2.